The Morgan fingerprint density at radius 2 is 1.64 bits per heavy atom. The largest absolute Gasteiger partial charge is 0.369 e. The average molecular weight is 480 g/mol. The van der Waals surface area contributed by atoms with Gasteiger partial charge in [0.1, 0.15) is 10.7 Å². The van der Waals surface area contributed by atoms with Gasteiger partial charge in [0.2, 0.25) is 0 Å². The van der Waals surface area contributed by atoms with Crippen LogP contribution in [0.25, 0.3) is 10.1 Å². The van der Waals surface area contributed by atoms with E-state index in [0.29, 0.717) is 9.90 Å². The number of amides is 1. The van der Waals surface area contributed by atoms with Gasteiger partial charge in [0, 0.05) is 54.2 Å². The number of nitrogens with one attached hydrogen (secondary N) is 1. The zero-order valence-electron chi connectivity index (χ0n) is 17.9. The molecule has 1 fully saturated rings. The molecule has 0 unspecified atom stereocenters. The van der Waals surface area contributed by atoms with E-state index < -0.39 is 0 Å². The maximum Gasteiger partial charge on any atom is 0.267 e. The lowest BCUT2D eigenvalue weighted by molar-refractivity contribution is 0.103. The maximum atomic E-state index is 13.1. The molecule has 168 valence electrons. The number of carbonyl (C=O) groups excluding carboxylic acids is 1. The molecule has 3 aromatic carbocycles. The molecule has 1 amide bonds. The SMILES string of the molecule is O=C(Nc1ccc(N2CCN(Cc3ccc(F)cc3)CC2)cc1)c1sc2ccccc2c1Cl. The molecule has 1 saturated heterocycles. The molecule has 0 radical (unpaired) electrons. The van der Waals surface area contributed by atoms with Crippen LogP contribution in [0.4, 0.5) is 15.8 Å². The van der Waals surface area contributed by atoms with Crippen molar-refractivity contribution in [2.45, 2.75) is 6.54 Å². The van der Waals surface area contributed by atoms with E-state index in [4.69, 9.17) is 11.6 Å². The second-order valence-corrected chi connectivity index (χ2v) is 9.56. The molecule has 0 spiro atoms. The smallest absolute Gasteiger partial charge is 0.267 e. The molecule has 33 heavy (non-hydrogen) atoms. The van der Waals surface area contributed by atoms with Crippen LogP contribution in [0.1, 0.15) is 15.2 Å². The Balaban J connectivity index is 1.18. The van der Waals surface area contributed by atoms with Crippen molar-refractivity contribution in [3.8, 4) is 0 Å². The number of hydrogen-bond donors (Lipinski definition) is 1. The van der Waals surface area contributed by atoms with E-state index in [9.17, 15) is 9.18 Å². The van der Waals surface area contributed by atoms with Gasteiger partial charge in [-0.05, 0) is 48.0 Å². The van der Waals surface area contributed by atoms with Crippen molar-refractivity contribution in [1.29, 1.82) is 0 Å². The predicted octanol–water partition coefficient (Wildman–Crippen LogP) is 6.27. The molecule has 7 heteroatoms. The maximum absolute atomic E-state index is 13.1. The number of carbonyl (C=O) groups is 1. The van der Waals surface area contributed by atoms with E-state index in [1.807, 2.05) is 60.7 Å². The highest BCUT2D eigenvalue weighted by Gasteiger charge is 2.19. The van der Waals surface area contributed by atoms with Crippen LogP contribution in [-0.4, -0.2) is 37.0 Å². The number of anilines is 2. The standard InChI is InChI=1S/C26H23ClFN3OS/c27-24-22-3-1-2-4-23(22)33-25(24)26(32)29-20-9-11-21(12-10-20)31-15-13-30(14-16-31)17-18-5-7-19(28)8-6-18/h1-12H,13-17H2,(H,29,32). The lowest BCUT2D eigenvalue weighted by Gasteiger charge is -2.36. The second kappa shape index (κ2) is 9.51. The molecule has 0 bridgehead atoms. The minimum atomic E-state index is -0.199. The number of piperazine rings is 1. The van der Waals surface area contributed by atoms with E-state index in [-0.39, 0.29) is 11.7 Å². The summed E-state index contributed by atoms with van der Waals surface area (Å²) in [6.07, 6.45) is 0. The van der Waals surface area contributed by atoms with Gasteiger partial charge >= 0.3 is 0 Å². The fraction of sp³-hybridized carbons (Fsp3) is 0.192. The van der Waals surface area contributed by atoms with E-state index in [0.717, 1.165) is 59.7 Å². The number of hydrogen-bond acceptors (Lipinski definition) is 4. The fourth-order valence-corrected chi connectivity index (χ4v) is 5.53. The van der Waals surface area contributed by atoms with Crippen LogP contribution >= 0.6 is 22.9 Å². The minimum Gasteiger partial charge on any atom is -0.369 e. The predicted molar refractivity (Wildman–Crippen MR) is 135 cm³/mol. The van der Waals surface area contributed by atoms with Gasteiger partial charge in [-0.1, -0.05) is 41.9 Å². The van der Waals surface area contributed by atoms with Crippen molar-refractivity contribution in [2.75, 3.05) is 36.4 Å². The Labute approximate surface area is 201 Å². The number of benzene rings is 3. The van der Waals surface area contributed by atoms with E-state index in [2.05, 4.69) is 15.1 Å². The first-order valence-corrected chi connectivity index (χ1v) is 12.1. The molecular formula is C26H23ClFN3OS. The Morgan fingerprint density at radius 1 is 0.939 bits per heavy atom. The molecule has 4 aromatic rings. The quantitative estimate of drug-likeness (QED) is 0.366. The molecule has 0 aliphatic carbocycles. The van der Waals surface area contributed by atoms with Gasteiger partial charge in [0.25, 0.3) is 5.91 Å². The molecule has 5 rings (SSSR count). The molecule has 0 saturated carbocycles. The summed E-state index contributed by atoms with van der Waals surface area (Å²) in [6.45, 7) is 4.56. The van der Waals surface area contributed by atoms with E-state index in [1.54, 1.807) is 0 Å². The summed E-state index contributed by atoms with van der Waals surface area (Å²) < 4.78 is 14.1. The third kappa shape index (κ3) is 4.88. The van der Waals surface area contributed by atoms with E-state index in [1.165, 1.54) is 23.5 Å². The van der Waals surface area contributed by atoms with Gasteiger partial charge in [0.15, 0.2) is 0 Å². The average Bonchev–Trinajstić information content (AvgIpc) is 3.18. The van der Waals surface area contributed by atoms with Gasteiger partial charge in [-0.2, -0.15) is 0 Å². The summed E-state index contributed by atoms with van der Waals surface area (Å²) in [5.41, 5.74) is 3.00. The van der Waals surface area contributed by atoms with Crippen LogP contribution in [0.15, 0.2) is 72.8 Å². The zero-order chi connectivity index (χ0) is 22.8. The molecule has 4 nitrogen and oxygen atoms in total. The number of thiophene rings is 1. The lowest BCUT2D eigenvalue weighted by Crippen LogP contribution is -2.45. The third-order valence-corrected chi connectivity index (χ3v) is 7.60. The topological polar surface area (TPSA) is 35.6 Å². The van der Waals surface area contributed by atoms with Crippen LogP contribution in [-0.2, 0) is 6.54 Å². The number of nitrogens with zero attached hydrogens (tertiary/aromatic N) is 2. The fourth-order valence-electron chi connectivity index (χ4n) is 4.12. The third-order valence-electron chi connectivity index (χ3n) is 5.92. The molecule has 0 atom stereocenters. The molecular weight excluding hydrogens is 457 g/mol. The van der Waals surface area contributed by atoms with Gasteiger partial charge in [0.05, 0.1) is 5.02 Å². The van der Waals surface area contributed by atoms with Crippen molar-refractivity contribution < 1.29 is 9.18 Å². The van der Waals surface area contributed by atoms with Crippen LogP contribution in [0.2, 0.25) is 5.02 Å². The van der Waals surface area contributed by atoms with Crippen molar-refractivity contribution in [3.05, 3.63) is 94.1 Å². The van der Waals surface area contributed by atoms with Crippen LogP contribution in [0, 0.1) is 5.82 Å². The van der Waals surface area contributed by atoms with Crippen molar-refractivity contribution in [2.24, 2.45) is 0 Å². The lowest BCUT2D eigenvalue weighted by atomic mass is 10.2. The van der Waals surface area contributed by atoms with Crippen LogP contribution < -0.4 is 10.2 Å². The Kier molecular flexibility index (Phi) is 6.31. The molecule has 2 heterocycles. The van der Waals surface area contributed by atoms with Crippen LogP contribution in [0.3, 0.4) is 0 Å². The molecule has 1 aliphatic rings. The Bertz CT molecular complexity index is 1270. The van der Waals surface area contributed by atoms with Crippen molar-refractivity contribution in [3.63, 3.8) is 0 Å². The van der Waals surface area contributed by atoms with Gasteiger partial charge in [-0.15, -0.1) is 11.3 Å². The number of rotatable bonds is 5. The summed E-state index contributed by atoms with van der Waals surface area (Å²) in [6, 6.07) is 22.4. The van der Waals surface area contributed by atoms with Gasteiger partial charge < -0.3 is 10.2 Å². The summed E-state index contributed by atoms with van der Waals surface area (Å²) in [5.74, 6) is -0.390. The highest BCUT2D eigenvalue weighted by atomic mass is 35.5. The highest BCUT2D eigenvalue weighted by Crippen LogP contribution is 2.35. The van der Waals surface area contributed by atoms with Crippen molar-refractivity contribution in [1.82, 2.24) is 4.90 Å². The minimum absolute atomic E-state index is 0.191. The molecule has 1 aliphatic heterocycles. The second-order valence-electron chi connectivity index (χ2n) is 8.13. The van der Waals surface area contributed by atoms with Gasteiger partial charge in [-0.25, -0.2) is 4.39 Å². The van der Waals surface area contributed by atoms with Crippen LogP contribution in [0.5, 0.6) is 0 Å². The first-order valence-electron chi connectivity index (χ1n) is 10.9. The summed E-state index contributed by atoms with van der Waals surface area (Å²) in [7, 11) is 0. The molecule has 1 N–H and O–H groups in total. The first kappa shape index (κ1) is 21.9. The van der Waals surface area contributed by atoms with Gasteiger partial charge in [-0.3, -0.25) is 9.69 Å². The zero-order valence-corrected chi connectivity index (χ0v) is 19.5. The highest BCUT2D eigenvalue weighted by molar-refractivity contribution is 7.21. The van der Waals surface area contributed by atoms with E-state index >= 15 is 0 Å². The Hall–Kier alpha value is -2.93. The Morgan fingerprint density at radius 3 is 2.33 bits per heavy atom. The monoisotopic (exact) mass is 479 g/mol. The van der Waals surface area contributed by atoms with Crippen molar-refractivity contribution >= 4 is 50.3 Å². The normalized spacial score (nSPS) is 14.5. The number of halogens is 2. The molecule has 1 aromatic heterocycles. The number of fused-ring (bicyclic) bond motifs is 1. The summed E-state index contributed by atoms with van der Waals surface area (Å²) in [4.78, 5) is 18.0. The summed E-state index contributed by atoms with van der Waals surface area (Å²) >= 11 is 7.84. The summed E-state index contributed by atoms with van der Waals surface area (Å²) in [5, 5.41) is 4.37. The first-order chi connectivity index (χ1) is 16.1.